The third-order valence-electron chi connectivity index (χ3n) is 3.00. The quantitative estimate of drug-likeness (QED) is 0.833. The molecule has 2 rings (SSSR count). The molecule has 1 aromatic carbocycles. The van der Waals surface area contributed by atoms with E-state index in [2.05, 4.69) is 5.32 Å². The van der Waals surface area contributed by atoms with Crippen LogP contribution < -0.4 is 11.1 Å². The molecule has 0 bridgehead atoms. The van der Waals surface area contributed by atoms with E-state index in [-0.39, 0.29) is 11.9 Å². The predicted octanol–water partition coefficient (Wildman–Crippen LogP) is 3.09. The van der Waals surface area contributed by atoms with Crippen LogP contribution in [0.25, 0.3) is 10.1 Å². The zero-order valence-corrected chi connectivity index (χ0v) is 12.3. The first-order valence-electron chi connectivity index (χ1n) is 6.17. The fourth-order valence-electron chi connectivity index (χ4n) is 1.96. The molecular formula is C14H16N2OS2. The molecule has 0 spiro atoms. The average Bonchev–Trinajstić information content (AvgIpc) is 2.81. The molecule has 0 saturated heterocycles. The van der Waals surface area contributed by atoms with Gasteiger partial charge in [0.15, 0.2) is 0 Å². The molecule has 0 radical (unpaired) electrons. The number of benzene rings is 1. The number of nitrogens with two attached hydrogens (primary N) is 1. The molecule has 1 unspecified atom stereocenters. The second-order valence-electron chi connectivity index (χ2n) is 4.39. The van der Waals surface area contributed by atoms with Crippen LogP contribution >= 0.6 is 23.6 Å². The highest BCUT2D eigenvalue weighted by atomic mass is 32.1. The fourth-order valence-corrected chi connectivity index (χ4v) is 3.10. The maximum absolute atomic E-state index is 12.3. The van der Waals surface area contributed by atoms with Crippen LogP contribution in [0.5, 0.6) is 0 Å². The smallest absolute Gasteiger partial charge is 0.252 e. The van der Waals surface area contributed by atoms with Gasteiger partial charge in [0.25, 0.3) is 5.91 Å². The fraction of sp³-hybridized carbons (Fsp3) is 0.286. The lowest BCUT2D eigenvalue weighted by Gasteiger charge is -2.15. The standard InChI is InChI=1S/C14H16N2OS2/c1-2-9(7-13(15)18)16-14(17)11-8-19-12-6-4-3-5-10(11)12/h3-6,8-9H,2,7H2,1H3,(H2,15,18)(H,16,17). The van der Waals surface area contributed by atoms with Crippen molar-refractivity contribution < 1.29 is 4.79 Å². The Labute approximate surface area is 121 Å². The highest BCUT2D eigenvalue weighted by Crippen LogP contribution is 2.25. The van der Waals surface area contributed by atoms with E-state index in [4.69, 9.17) is 18.0 Å². The van der Waals surface area contributed by atoms with Gasteiger partial charge in [0.2, 0.25) is 0 Å². The molecule has 1 amide bonds. The molecule has 1 aromatic heterocycles. The predicted molar refractivity (Wildman–Crippen MR) is 84.8 cm³/mol. The molecule has 19 heavy (non-hydrogen) atoms. The topological polar surface area (TPSA) is 55.1 Å². The van der Waals surface area contributed by atoms with E-state index < -0.39 is 0 Å². The summed E-state index contributed by atoms with van der Waals surface area (Å²) < 4.78 is 1.12. The van der Waals surface area contributed by atoms with Crippen LogP contribution in [0.1, 0.15) is 30.1 Å². The lowest BCUT2D eigenvalue weighted by Crippen LogP contribution is -2.36. The van der Waals surface area contributed by atoms with Gasteiger partial charge >= 0.3 is 0 Å². The number of hydrogen-bond donors (Lipinski definition) is 2. The van der Waals surface area contributed by atoms with E-state index in [0.717, 1.165) is 22.1 Å². The summed E-state index contributed by atoms with van der Waals surface area (Å²) >= 11 is 6.48. The summed E-state index contributed by atoms with van der Waals surface area (Å²) in [5, 5.41) is 5.88. The first kappa shape index (κ1) is 14.0. The summed E-state index contributed by atoms with van der Waals surface area (Å²) in [5.74, 6) is -0.0550. The Morgan fingerprint density at radius 2 is 2.21 bits per heavy atom. The van der Waals surface area contributed by atoms with Crippen molar-refractivity contribution in [1.29, 1.82) is 0 Å². The Hall–Kier alpha value is -1.46. The van der Waals surface area contributed by atoms with Crippen molar-refractivity contribution in [2.45, 2.75) is 25.8 Å². The number of fused-ring (bicyclic) bond motifs is 1. The largest absolute Gasteiger partial charge is 0.393 e. The Bertz CT molecular complexity index is 606. The van der Waals surface area contributed by atoms with Gasteiger partial charge in [-0.1, -0.05) is 37.3 Å². The van der Waals surface area contributed by atoms with Crippen molar-refractivity contribution in [2.24, 2.45) is 5.73 Å². The molecule has 0 aliphatic carbocycles. The summed E-state index contributed by atoms with van der Waals surface area (Å²) in [6.07, 6.45) is 1.35. The third-order valence-corrected chi connectivity index (χ3v) is 4.13. The lowest BCUT2D eigenvalue weighted by atomic mass is 10.1. The highest BCUT2D eigenvalue weighted by molar-refractivity contribution is 7.80. The van der Waals surface area contributed by atoms with E-state index in [9.17, 15) is 4.79 Å². The zero-order valence-electron chi connectivity index (χ0n) is 10.7. The molecule has 3 nitrogen and oxygen atoms in total. The van der Waals surface area contributed by atoms with Crippen molar-refractivity contribution >= 4 is 44.5 Å². The molecule has 3 N–H and O–H groups in total. The minimum atomic E-state index is -0.0550. The van der Waals surface area contributed by atoms with Crippen molar-refractivity contribution in [3.8, 4) is 0 Å². The lowest BCUT2D eigenvalue weighted by molar-refractivity contribution is 0.0939. The van der Waals surface area contributed by atoms with Crippen molar-refractivity contribution in [2.75, 3.05) is 0 Å². The van der Waals surface area contributed by atoms with Crippen LogP contribution in [0.15, 0.2) is 29.6 Å². The van der Waals surface area contributed by atoms with Crippen molar-refractivity contribution in [3.05, 3.63) is 35.2 Å². The molecule has 2 aromatic rings. The molecule has 0 saturated carbocycles. The molecule has 100 valence electrons. The SMILES string of the molecule is CCC(CC(N)=S)NC(=O)c1csc2ccccc12. The van der Waals surface area contributed by atoms with Crippen molar-refractivity contribution in [1.82, 2.24) is 5.32 Å². The highest BCUT2D eigenvalue weighted by Gasteiger charge is 2.16. The van der Waals surface area contributed by atoms with E-state index in [1.165, 1.54) is 0 Å². The van der Waals surface area contributed by atoms with Crippen LogP contribution in [0.3, 0.4) is 0 Å². The third kappa shape index (κ3) is 3.30. The zero-order chi connectivity index (χ0) is 13.8. The van der Waals surface area contributed by atoms with Gasteiger partial charge in [0, 0.05) is 27.9 Å². The summed E-state index contributed by atoms with van der Waals surface area (Å²) in [7, 11) is 0. The van der Waals surface area contributed by atoms with Crippen LogP contribution in [-0.2, 0) is 0 Å². The van der Waals surface area contributed by atoms with Gasteiger partial charge in [-0.05, 0) is 12.5 Å². The number of hydrogen-bond acceptors (Lipinski definition) is 3. The van der Waals surface area contributed by atoms with Crippen LogP contribution in [0, 0.1) is 0 Å². The normalized spacial score (nSPS) is 12.3. The molecule has 0 aliphatic heterocycles. The Morgan fingerprint density at radius 3 is 2.89 bits per heavy atom. The molecule has 0 fully saturated rings. The Kier molecular flexibility index (Phi) is 4.50. The van der Waals surface area contributed by atoms with Gasteiger partial charge < -0.3 is 11.1 Å². The number of thiophene rings is 1. The molecule has 0 aliphatic rings. The van der Waals surface area contributed by atoms with E-state index >= 15 is 0 Å². The number of nitrogens with one attached hydrogen (secondary N) is 1. The summed E-state index contributed by atoms with van der Waals surface area (Å²) in [6, 6.07) is 7.90. The van der Waals surface area contributed by atoms with Gasteiger partial charge in [-0.3, -0.25) is 4.79 Å². The monoisotopic (exact) mass is 292 g/mol. The maximum atomic E-state index is 12.3. The van der Waals surface area contributed by atoms with Gasteiger partial charge in [0.05, 0.1) is 10.6 Å². The first-order valence-corrected chi connectivity index (χ1v) is 7.46. The Balaban J connectivity index is 2.17. The Morgan fingerprint density at radius 1 is 1.47 bits per heavy atom. The second-order valence-corrected chi connectivity index (χ2v) is 5.83. The van der Waals surface area contributed by atoms with E-state index in [1.54, 1.807) is 11.3 Å². The van der Waals surface area contributed by atoms with E-state index in [0.29, 0.717) is 11.4 Å². The summed E-state index contributed by atoms with van der Waals surface area (Å²) in [5.41, 5.74) is 6.26. The summed E-state index contributed by atoms with van der Waals surface area (Å²) in [4.78, 5) is 12.7. The molecule has 1 atom stereocenters. The van der Waals surface area contributed by atoms with Gasteiger partial charge in [0.1, 0.15) is 0 Å². The van der Waals surface area contributed by atoms with Gasteiger partial charge in [-0.25, -0.2) is 0 Å². The van der Waals surface area contributed by atoms with Gasteiger partial charge in [-0.2, -0.15) is 0 Å². The van der Waals surface area contributed by atoms with Crippen molar-refractivity contribution in [3.63, 3.8) is 0 Å². The number of rotatable bonds is 5. The molecule has 1 heterocycles. The first-order chi connectivity index (χ1) is 9.11. The average molecular weight is 292 g/mol. The number of thiocarbonyl (C=S) groups is 1. The molecule has 5 heteroatoms. The minimum absolute atomic E-state index is 0.00339. The van der Waals surface area contributed by atoms with Crippen LogP contribution in [0.2, 0.25) is 0 Å². The van der Waals surface area contributed by atoms with Crippen LogP contribution in [-0.4, -0.2) is 16.9 Å². The van der Waals surface area contributed by atoms with Crippen LogP contribution in [0.4, 0.5) is 0 Å². The molecular weight excluding hydrogens is 276 g/mol. The second kappa shape index (κ2) is 6.12. The number of amides is 1. The van der Waals surface area contributed by atoms with E-state index in [1.807, 2.05) is 36.6 Å². The summed E-state index contributed by atoms with van der Waals surface area (Å²) in [6.45, 7) is 2.01. The number of carbonyl (C=O) groups excluding carboxylic acids is 1. The maximum Gasteiger partial charge on any atom is 0.252 e. The van der Waals surface area contributed by atoms with Gasteiger partial charge in [-0.15, -0.1) is 11.3 Å². The number of carbonyl (C=O) groups is 1. The minimum Gasteiger partial charge on any atom is -0.393 e.